The number of nitrogens with zero attached hydrogens (tertiary/aromatic N) is 6. The summed E-state index contributed by atoms with van der Waals surface area (Å²) in [6.07, 6.45) is 6.16. The van der Waals surface area contributed by atoms with Gasteiger partial charge in [0.15, 0.2) is 0 Å². The van der Waals surface area contributed by atoms with Crippen LogP contribution >= 0.6 is 48.8 Å². The molecule has 15 heteroatoms. The van der Waals surface area contributed by atoms with Crippen LogP contribution in [0.1, 0.15) is 148 Å². The molecule has 3 aliphatic rings. The fourth-order valence-corrected chi connectivity index (χ4v) is 18.3. The number of para-hydroxylation sites is 2. The molecule has 682 valence electrons. The van der Waals surface area contributed by atoms with Gasteiger partial charge >= 0.3 is 88.9 Å². The molecule has 0 radical (unpaired) electrons. The molecular weight excluding hydrogens is 1940 g/mol. The van der Waals surface area contributed by atoms with Crippen LogP contribution in [0.5, 0.6) is 0 Å². The minimum Gasteiger partial charge on any atom is 2.00 e. The van der Waals surface area contributed by atoms with Gasteiger partial charge in [-0.1, -0.05) is 350 Å². The Morgan fingerprint density at radius 1 is 0.271 bits per heavy atom. The summed E-state index contributed by atoms with van der Waals surface area (Å²) in [5, 5.41) is 27.5. The van der Waals surface area contributed by atoms with Gasteiger partial charge in [0, 0.05) is 85.0 Å². The number of aliphatic imine (C=N–C) groups is 6. The summed E-state index contributed by atoms with van der Waals surface area (Å²) in [5.41, 5.74) is 41.0. The SMILES string of the molecule is CCC.CCc1cccc(CC)c1N=C1C(=Nc2c(CC)cccc2CC)c2cccc3cccc1c23.Cc1cc(C)c(N=C2C(=Nc3c(C)cc(C)cc3C)c3cccc4cccc2c34)c(C)c1.OCCc1cc(-c2ccccc2)c(N=C2C(=Nc3c(-c4ccccc4)cc(CCO)cc3-c3ccccc3)c3cccc4cccc2c34)c(-c2ccccc2)c1.[Br][Ni][Br].[CH3-].[Cl][Ni][Cl].[Ni+2]. The third kappa shape index (κ3) is 22.8. The molecule has 0 saturated carbocycles. The first kappa shape index (κ1) is 101. The maximum Gasteiger partial charge on any atom is 2.00 e. The van der Waals surface area contributed by atoms with E-state index in [2.05, 4.69) is 403 Å². The van der Waals surface area contributed by atoms with E-state index in [1.165, 1.54) is 117 Å². The standard InChI is InChI=1S/C52H40N2O2.C32H32N2.C30H28N2.C3H8.CH3.2BrH.2ClH.3Ni/c55-29-27-35-31-44(37-15-5-1-6-16-37)49(45(32-35)38-17-7-2-8-18-38)53-51-42-25-13-23-41-24-14-26-43(48(41)42)52(51)54-50-46(39-19-9-3-10-20-39)33-36(28-30-56)34-47(50)40-21-11-4-12-22-40;1-5-21-13-9-14-22(6-2)29(21)33-31-26-19-11-17-25-18-12-20-27(28(25)26)32(31)34-30-23(7-3)15-10-16-24(30)8-4;1-17-13-19(3)27(20(4)14-17)31-29-24-11-7-9-23-10-8-12-25(26(23)24)30(29)32-28-21(5)15-18(2)16-22(28)6;1-3-2;;;;;;;;/h1-26,31-34,55-56H,27-30H2;9-20H,5-8H2,1-4H3;7-16H,1-6H3;3H2,1-2H3;1H3;4*1H;;;/q;;;;-1;;;;;3*+2/p-4. The van der Waals surface area contributed by atoms with E-state index in [-0.39, 0.29) is 37.1 Å². The van der Waals surface area contributed by atoms with Gasteiger partial charge in [-0.25, -0.2) is 30.0 Å². The number of benzene rings is 16. The summed E-state index contributed by atoms with van der Waals surface area (Å²) >= 11 is 6.57. The molecule has 0 heterocycles. The minimum absolute atomic E-state index is 0. The second kappa shape index (κ2) is 48.4. The molecule has 0 aliphatic heterocycles. The summed E-state index contributed by atoms with van der Waals surface area (Å²) in [7, 11) is 10.7. The third-order valence-corrected chi connectivity index (χ3v) is 23.9. The van der Waals surface area contributed by atoms with Crippen molar-refractivity contribution in [2.45, 2.75) is 128 Å². The van der Waals surface area contributed by atoms with Crippen molar-refractivity contribution in [2.75, 3.05) is 13.2 Å². The number of rotatable bonds is 18. The molecule has 0 amide bonds. The summed E-state index contributed by atoms with van der Waals surface area (Å²) in [4.78, 5) is 32.9. The van der Waals surface area contributed by atoms with E-state index in [4.69, 9.17) is 50.3 Å². The van der Waals surface area contributed by atoms with E-state index in [1.54, 1.807) is 0 Å². The second-order valence-electron chi connectivity index (χ2n) is 32.9. The van der Waals surface area contributed by atoms with Crippen molar-refractivity contribution in [3.8, 4) is 44.5 Å². The van der Waals surface area contributed by atoms with Gasteiger partial charge in [0.2, 0.25) is 0 Å². The Bertz CT molecular complexity index is 6420. The molecule has 0 unspecified atom stereocenters. The second-order valence-corrected chi connectivity index (χ2v) is 39.6. The Kier molecular flexibility index (Phi) is 36.9. The predicted molar refractivity (Wildman–Crippen MR) is 569 cm³/mol. The van der Waals surface area contributed by atoms with Crippen LogP contribution in [0, 0.1) is 49.0 Å². The average Bonchev–Trinajstić information content (AvgIpc) is 1.58. The van der Waals surface area contributed by atoms with E-state index < -0.39 is 0 Å². The molecule has 8 nitrogen and oxygen atoms in total. The van der Waals surface area contributed by atoms with Crippen molar-refractivity contribution in [1.82, 2.24) is 0 Å². The summed E-state index contributed by atoms with van der Waals surface area (Å²) < 4.78 is 0. The first-order chi connectivity index (χ1) is 64.0. The summed E-state index contributed by atoms with van der Waals surface area (Å²) in [5.74, 6) is 0. The zero-order chi connectivity index (χ0) is 92.2. The summed E-state index contributed by atoms with van der Waals surface area (Å²) in [6.45, 7) is 26.1. The van der Waals surface area contributed by atoms with Crippen molar-refractivity contribution < 1.29 is 50.3 Å². The smallest absolute Gasteiger partial charge is 2.00 e. The van der Waals surface area contributed by atoms with E-state index in [1.807, 2.05) is 24.3 Å². The fourth-order valence-electron chi connectivity index (χ4n) is 18.3. The van der Waals surface area contributed by atoms with Gasteiger partial charge in [-0.15, -0.1) is 0 Å². The maximum atomic E-state index is 10.1. The first-order valence-corrected chi connectivity index (χ1v) is 52.5. The van der Waals surface area contributed by atoms with Crippen LogP contribution in [0.3, 0.4) is 0 Å². The van der Waals surface area contributed by atoms with Gasteiger partial charge in [0.25, 0.3) is 0 Å². The van der Waals surface area contributed by atoms with Gasteiger partial charge in [-0.3, -0.25) is 0 Å². The first-order valence-electron chi connectivity index (χ1n) is 44.9. The zero-order valence-electron chi connectivity index (χ0n) is 77.4. The van der Waals surface area contributed by atoms with Crippen molar-refractivity contribution in [3.05, 3.63) is 423 Å². The Labute approximate surface area is 830 Å². The van der Waals surface area contributed by atoms with Crippen LogP contribution in [-0.2, 0) is 78.6 Å². The molecule has 133 heavy (non-hydrogen) atoms. The van der Waals surface area contributed by atoms with Gasteiger partial charge in [-0.05, 0) is 198 Å². The van der Waals surface area contributed by atoms with E-state index in [0.717, 1.165) is 172 Å². The van der Waals surface area contributed by atoms with Crippen LogP contribution < -0.4 is 0 Å². The normalized spacial score (nSPS) is 13.7. The van der Waals surface area contributed by atoms with Crippen molar-refractivity contribution in [2.24, 2.45) is 30.0 Å². The van der Waals surface area contributed by atoms with Crippen LogP contribution in [0.25, 0.3) is 76.8 Å². The quantitative estimate of drug-likeness (QED) is 0.0658. The molecule has 0 fully saturated rings. The Balaban J connectivity index is 0.000000179. The van der Waals surface area contributed by atoms with E-state index >= 15 is 0 Å². The molecule has 16 aromatic carbocycles. The van der Waals surface area contributed by atoms with Gasteiger partial charge in [-0.2, -0.15) is 0 Å². The molecule has 0 bridgehead atoms. The molecule has 0 saturated heterocycles. The number of aliphatic hydroxyl groups is 2. The third-order valence-electron chi connectivity index (χ3n) is 23.9. The molecule has 19 rings (SSSR count). The van der Waals surface area contributed by atoms with Crippen molar-refractivity contribution in [1.29, 1.82) is 0 Å². The Morgan fingerprint density at radius 2 is 0.466 bits per heavy atom. The Hall–Kier alpha value is -10.7. The molecule has 0 atom stereocenters. The molecule has 0 aromatic heterocycles. The minimum atomic E-state index is 0. The number of aryl methyl sites for hydroxylation is 10. The van der Waals surface area contributed by atoms with Crippen molar-refractivity contribution in [3.63, 3.8) is 0 Å². The van der Waals surface area contributed by atoms with E-state index in [9.17, 15) is 10.2 Å². The molecule has 0 spiro atoms. The number of halogens is 4. The summed E-state index contributed by atoms with van der Waals surface area (Å²) in [6, 6.07) is 111. The molecule has 16 aromatic rings. The topological polar surface area (TPSA) is 115 Å². The van der Waals surface area contributed by atoms with Crippen molar-refractivity contribution >= 4 is 150 Å². The van der Waals surface area contributed by atoms with Crippen LogP contribution in [0.4, 0.5) is 34.1 Å². The zero-order valence-corrected chi connectivity index (χ0v) is 85.1. The molecule has 2 N–H and O–H groups in total. The van der Waals surface area contributed by atoms with Gasteiger partial charge in [0.05, 0.1) is 68.4 Å². The van der Waals surface area contributed by atoms with Crippen LogP contribution in [-0.4, -0.2) is 57.7 Å². The fraction of sp³-hybridized carbons (Fsp3) is 0.178. The average molecular weight is 2050 g/mol. The maximum absolute atomic E-state index is 10.1. The van der Waals surface area contributed by atoms with E-state index in [0.29, 0.717) is 25.5 Å². The number of aliphatic hydroxyl groups excluding tert-OH is 2. The largest absolute Gasteiger partial charge is 2.00 e. The monoisotopic (exact) mass is 2050 g/mol. The van der Waals surface area contributed by atoms with Crippen LogP contribution in [0.2, 0.25) is 0 Å². The molecular formula is C118H111Br2Cl2N6Ni3O2+. The number of hydrogen-bond donors (Lipinski definition) is 2. The number of hydrogen-bond acceptors (Lipinski definition) is 8. The Morgan fingerprint density at radius 3 is 0.669 bits per heavy atom. The predicted octanol–water partition coefficient (Wildman–Crippen LogP) is 33.1. The van der Waals surface area contributed by atoms with Gasteiger partial charge < -0.3 is 17.6 Å². The van der Waals surface area contributed by atoms with Gasteiger partial charge in [0.1, 0.15) is 0 Å². The van der Waals surface area contributed by atoms with Crippen LogP contribution in [0.15, 0.2) is 345 Å². The molecule has 3 aliphatic carbocycles.